The molecule has 6 heteroatoms. The summed E-state index contributed by atoms with van der Waals surface area (Å²) in [6.45, 7) is 5.41. The fourth-order valence-electron chi connectivity index (χ4n) is 1.72. The van der Waals surface area contributed by atoms with Crippen molar-refractivity contribution in [1.29, 1.82) is 0 Å². The maximum Gasteiger partial charge on any atom is 0.412 e. The summed E-state index contributed by atoms with van der Waals surface area (Å²) in [5.74, 6) is -1.51. The molecule has 1 N–H and O–H groups in total. The number of carboxylic acid groups (broad SMARTS) is 1. The molecule has 0 bridgehead atoms. The first kappa shape index (κ1) is 13.8. The number of hydrogen-bond donors (Lipinski definition) is 1. The second-order valence-corrected chi connectivity index (χ2v) is 5.09. The van der Waals surface area contributed by atoms with Gasteiger partial charge in [0.15, 0.2) is 0 Å². The summed E-state index contributed by atoms with van der Waals surface area (Å²) in [5.41, 5.74) is -0.601. The minimum absolute atomic E-state index is 0.128. The minimum atomic E-state index is -0.918. The zero-order valence-electron chi connectivity index (χ0n) is 10.6. The van der Waals surface area contributed by atoms with Crippen LogP contribution in [0.1, 0.15) is 27.2 Å². The fourth-order valence-corrected chi connectivity index (χ4v) is 1.72. The van der Waals surface area contributed by atoms with Gasteiger partial charge in [-0.05, 0) is 20.8 Å². The maximum absolute atomic E-state index is 11.8. The molecule has 98 valence electrons. The van der Waals surface area contributed by atoms with Crippen LogP contribution < -0.4 is 0 Å². The van der Waals surface area contributed by atoms with Crippen molar-refractivity contribution in [3.8, 4) is 0 Å². The first-order chi connectivity index (χ1) is 7.74. The summed E-state index contributed by atoms with van der Waals surface area (Å²) in [7, 11) is 1.45. The Morgan fingerprint density at radius 1 is 1.35 bits per heavy atom. The lowest BCUT2D eigenvalue weighted by Crippen LogP contribution is -2.40. The Kier molecular flexibility index (Phi) is 3.98. The van der Waals surface area contributed by atoms with Crippen LogP contribution in [-0.4, -0.2) is 47.6 Å². The largest absolute Gasteiger partial charge is 0.481 e. The number of likely N-dealkylation sites (tertiary alicyclic amines) is 1. The molecular weight excluding hydrogens is 226 g/mol. The molecule has 0 aliphatic carbocycles. The second kappa shape index (κ2) is 4.91. The van der Waals surface area contributed by atoms with Gasteiger partial charge in [0.25, 0.3) is 0 Å². The molecule has 1 heterocycles. The molecule has 1 fully saturated rings. The average molecular weight is 245 g/mol. The number of ether oxygens (including phenoxy) is 2. The van der Waals surface area contributed by atoms with Gasteiger partial charge in [-0.25, -0.2) is 4.79 Å². The van der Waals surface area contributed by atoms with Gasteiger partial charge in [0.05, 0.1) is 5.92 Å². The van der Waals surface area contributed by atoms with Gasteiger partial charge in [-0.2, -0.15) is 0 Å². The van der Waals surface area contributed by atoms with Crippen molar-refractivity contribution in [3.63, 3.8) is 0 Å². The Labute approximate surface area is 100 Å². The highest BCUT2D eigenvalue weighted by molar-refractivity contribution is 5.74. The standard InChI is InChI=1S/C11H19NO5/c1-11(2,3)17-10(15)12-6-7(9(13)14)5-8(12)16-4/h7-8H,5-6H2,1-4H3,(H,13,14)/t7-,8+/m1/s1. The van der Waals surface area contributed by atoms with Gasteiger partial charge in [0, 0.05) is 20.1 Å². The zero-order valence-corrected chi connectivity index (χ0v) is 10.6. The van der Waals surface area contributed by atoms with Gasteiger partial charge in [-0.1, -0.05) is 0 Å². The molecule has 1 amide bonds. The Balaban J connectivity index is 2.69. The smallest absolute Gasteiger partial charge is 0.412 e. The van der Waals surface area contributed by atoms with Crippen LogP contribution in [0.15, 0.2) is 0 Å². The van der Waals surface area contributed by atoms with E-state index in [4.69, 9.17) is 14.6 Å². The summed E-state index contributed by atoms with van der Waals surface area (Å²) in [4.78, 5) is 24.0. The predicted octanol–water partition coefficient (Wildman–Crippen LogP) is 1.30. The molecule has 6 nitrogen and oxygen atoms in total. The normalized spacial score (nSPS) is 24.8. The van der Waals surface area contributed by atoms with Crippen molar-refractivity contribution >= 4 is 12.1 Å². The molecule has 0 saturated carbocycles. The maximum atomic E-state index is 11.8. The molecule has 1 aliphatic heterocycles. The van der Waals surface area contributed by atoms with Crippen LogP contribution in [0.25, 0.3) is 0 Å². The number of amides is 1. The fraction of sp³-hybridized carbons (Fsp3) is 0.818. The third kappa shape index (κ3) is 3.59. The van der Waals surface area contributed by atoms with E-state index >= 15 is 0 Å². The Morgan fingerprint density at radius 3 is 2.35 bits per heavy atom. The SMILES string of the molecule is CO[C@H]1C[C@@H](C(=O)O)CN1C(=O)OC(C)(C)C. The monoisotopic (exact) mass is 245 g/mol. The van der Waals surface area contributed by atoms with E-state index in [2.05, 4.69) is 0 Å². The molecule has 0 aromatic rings. The highest BCUT2D eigenvalue weighted by Crippen LogP contribution is 2.25. The van der Waals surface area contributed by atoms with Crippen LogP contribution in [0.5, 0.6) is 0 Å². The first-order valence-corrected chi connectivity index (χ1v) is 5.50. The first-order valence-electron chi connectivity index (χ1n) is 5.50. The minimum Gasteiger partial charge on any atom is -0.481 e. The van der Waals surface area contributed by atoms with Gasteiger partial charge >= 0.3 is 12.1 Å². The lowest BCUT2D eigenvalue weighted by atomic mass is 10.1. The summed E-state index contributed by atoms with van der Waals surface area (Å²) in [6, 6.07) is 0. The van der Waals surface area contributed by atoms with Crippen molar-refractivity contribution in [2.45, 2.75) is 39.0 Å². The van der Waals surface area contributed by atoms with Crippen molar-refractivity contribution in [3.05, 3.63) is 0 Å². The van der Waals surface area contributed by atoms with Crippen LogP contribution in [0.3, 0.4) is 0 Å². The van der Waals surface area contributed by atoms with Crippen molar-refractivity contribution < 1.29 is 24.2 Å². The third-order valence-electron chi connectivity index (χ3n) is 2.50. The number of aliphatic carboxylic acids is 1. The van der Waals surface area contributed by atoms with E-state index in [1.807, 2.05) is 0 Å². The number of carboxylic acids is 1. The van der Waals surface area contributed by atoms with E-state index in [1.165, 1.54) is 12.0 Å². The predicted molar refractivity (Wildman–Crippen MR) is 59.5 cm³/mol. The van der Waals surface area contributed by atoms with E-state index in [0.29, 0.717) is 6.42 Å². The van der Waals surface area contributed by atoms with Crippen molar-refractivity contribution in [2.24, 2.45) is 5.92 Å². The zero-order chi connectivity index (χ0) is 13.2. The number of nitrogens with zero attached hydrogens (tertiary/aromatic N) is 1. The molecule has 0 aromatic carbocycles. The second-order valence-electron chi connectivity index (χ2n) is 5.09. The molecule has 0 spiro atoms. The number of rotatable bonds is 2. The number of methoxy groups -OCH3 is 1. The third-order valence-corrected chi connectivity index (χ3v) is 2.50. The average Bonchev–Trinajstić information content (AvgIpc) is 2.58. The summed E-state index contributed by atoms with van der Waals surface area (Å²) in [6.07, 6.45) is -0.760. The highest BCUT2D eigenvalue weighted by atomic mass is 16.6. The van der Waals surface area contributed by atoms with Crippen LogP contribution in [0.2, 0.25) is 0 Å². The quantitative estimate of drug-likeness (QED) is 0.793. The van der Waals surface area contributed by atoms with E-state index in [9.17, 15) is 9.59 Å². The van der Waals surface area contributed by atoms with Gasteiger partial charge in [0.2, 0.25) is 0 Å². The number of hydrogen-bond acceptors (Lipinski definition) is 4. The molecule has 0 unspecified atom stereocenters. The summed E-state index contributed by atoms with van der Waals surface area (Å²) >= 11 is 0. The molecule has 1 aliphatic rings. The number of carbonyl (C=O) groups is 2. The van der Waals surface area contributed by atoms with Gasteiger partial charge in [-0.15, -0.1) is 0 Å². The van der Waals surface area contributed by atoms with Crippen molar-refractivity contribution in [2.75, 3.05) is 13.7 Å². The van der Waals surface area contributed by atoms with Crippen LogP contribution in [-0.2, 0) is 14.3 Å². The van der Waals surface area contributed by atoms with Crippen LogP contribution in [0, 0.1) is 5.92 Å². The highest BCUT2D eigenvalue weighted by Gasteiger charge is 2.40. The lowest BCUT2D eigenvalue weighted by molar-refractivity contribution is -0.141. The molecular formula is C11H19NO5. The summed E-state index contributed by atoms with van der Waals surface area (Å²) < 4.78 is 10.3. The van der Waals surface area contributed by atoms with E-state index in [1.54, 1.807) is 20.8 Å². The van der Waals surface area contributed by atoms with Gasteiger partial charge < -0.3 is 14.6 Å². The Hall–Kier alpha value is -1.30. The Bertz CT molecular complexity index is 309. The summed E-state index contributed by atoms with van der Waals surface area (Å²) in [5, 5.41) is 8.92. The topological polar surface area (TPSA) is 76.1 Å². The van der Waals surface area contributed by atoms with Gasteiger partial charge in [0.1, 0.15) is 11.8 Å². The van der Waals surface area contributed by atoms with Crippen LogP contribution in [0.4, 0.5) is 4.79 Å². The molecule has 0 radical (unpaired) electrons. The van der Waals surface area contributed by atoms with E-state index < -0.39 is 29.8 Å². The van der Waals surface area contributed by atoms with E-state index in [-0.39, 0.29) is 6.54 Å². The van der Waals surface area contributed by atoms with E-state index in [0.717, 1.165) is 0 Å². The molecule has 2 atom stereocenters. The van der Waals surface area contributed by atoms with Crippen molar-refractivity contribution in [1.82, 2.24) is 4.90 Å². The molecule has 0 aromatic heterocycles. The molecule has 17 heavy (non-hydrogen) atoms. The lowest BCUT2D eigenvalue weighted by Gasteiger charge is -2.27. The molecule has 1 rings (SSSR count). The molecule has 1 saturated heterocycles. The number of carbonyl (C=O) groups excluding carboxylic acids is 1. The van der Waals surface area contributed by atoms with Gasteiger partial charge in [-0.3, -0.25) is 9.69 Å². The van der Waals surface area contributed by atoms with Crippen LogP contribution >= 0.6 is 0 Å². The Morgan fingerprint density at radius 2 is 1.94 bits per heavy atom.